The third-order valence-electron chi connectivity index (χ3n) is 11.6. The Labute approximate surface area is 338 Å². The zero-order valence-electron chi connectivity index (χ0n) is 31.8. The monoisotopic (exact) mass is 738 g/mol. The van der Waals surface area contributed by atoms with Gasteiger partial charge in [0.15, 0.2) is 0 Å². The van der Waals surface area contributed by atoms with E-state index in [1.54, 1.807) is 0 Å². The summed E-state index contributed by atoms with van der Waals surface area (Å²) in [4.78, 5) is 2.41. The van der Waals surface area contributed by atoms with Gasteiger partial charge in [0.2, 0.25) is 0 Å². The minimum absolute atomic E-state index is 1.08. The van der Waals surface area contributed by atoms with E-state index in [1.165, 1.54) is 76.7 Å². The Balaban J connectivity index is 1.08. The lowest BCUT2D eigenvalue weighted by Crippen LogP contribution is -2.11. The third kappa shape index (κ3) is 5.82. The van der Waals surface area contributed by atoms with Crippen molar-refractivity contribution in [1.82, 2.24) is 4.57 Å². The van der Waals surface area contributed by atoms with Crippen molar-refractivity contribution in [3.8, 4) is 39.1 Å². The van der Waals surface area contributed by atoms with Crippen LogP contribution in [0.15, 0.2) is 231 Å². The molecule has 0 aliphatic carbocycles. The van der Waals surface area contributed by atoms with Crippen molar-refractivity contribution < 1.29 is 0 Å². The van der Waals surface area contributed by atoms with E-state index in [0.717, 1.165) is 22.7 Å². The van der Waals surface area contributed by atoms with Gasteiger partial charge in [-0.05, 0) is 116 Å². The van der Waals surface area contributed by atoms with Gasteiger partial charge in [-0.25, -0.2) is 0 Å². The van der Waals surface area contributed by atoms with Crippen molar-refractivity contribution in [2.75, 3.05) is 4.90 Å². The second-order valence-corrected chi connectivity index (χ2v) is 15.0. The summed E-state index contributed by atoms with van der Waals surface area (Å²) in [6, 6.07) is 83.7. The molecule has 0 atom stereocenters. The third-order valence-corrected chi connectivity index (χ3v) is 11.6. The minimum Gasteiger partial charge on any atom is -0.310 e. The maximum absolute atomic E-state index is 2.41. The SMILES string of the molecule is c1ccc(-c2ccc(N(c3ccc(-c4ccc5ccccc5c4)cc3)c3ccc(-n4c5ccccc5c5c6ccccc6ccc54)cc3)c(-c3ccccc3)c2)cc1. The molecule has 2 nitrogen and oxygen atoms in total. The zero-order chi connectivity index (χ0) is 38.4. The largest absolute Gasteiger partial charge is 0.310 e. The fourth-order valence-electron chi connectivity index (χ4n) is 8.76. The Morgan fingerprint density at radius 2 is 0.845 bits per heavy atom. The molecule has 2 heteroatoms. The number of hydrogen-bond acceptors (Lipinski definition) is 1. The topological polar surface area (TPSA) is 8.17 Å². The van der Waals surface area contributed by atoms with E-state index in [2.05, 4.69) is 240 Å². The van der Waals surface area contributed by atoms with Crippen molar-refractivity contribution in [3.63, 3.8) is 0 Å². The van der Waals surface area contributed by atoms with Gasteiger partial charge in [0.1, 0.15) is 0 Å². The smallest absolute Gasteiger partial charge is 0.0547 e. The lowest BCUT2D eigenvalue weighted by Gasteiger charge is -2.29. The first-order chi connectivity index (χ1) is 28.8. The van der Waals surface area contributed by atoms with Crippen LogP contribution in [0.3, 0.4) is 0 Å². The van der Waals surface area contributed by atoms with E-state index in [-0.39, 0.29) is 0 Å². The van der Waals surface area contributed by atoms with Gasteiger partial charge in [0.05, 0.1) is 16.7 Å². The molecule has 0 fully saturated rings. The highest BCUT2D eigenvalue weighted by atomic mass is 15.1. The molecule has 0 unspecified atom stereocenters. The molecule has 0 amide bonds. The molecule has 272 valence electrons. The average Bonchev–Trinajstić information content (AvgIpc) is 3.65. The first-order valence-electron chi connectivity index (χ1n) is 19.9. The first-order valence-corrected chi connectivity index (χ1v) is 19.9. The summed E-state index contributed by atoms with van der Waals surface area (Å²) >= 11 is 0. The molecule has 58 heavy (non-hydrogen) atoms. The second-order valence-electron chi connectivity index (χ2n) is 15.0. The minimum atomic E-state index is 1.08. The summed E-state index contributed by atoms with van der Waals surface area (Å²) in [7, 11) is 0. The van der Waals surface area contributed by atoms with Crippen LogP contribution in [0.1, 0.15) is 0 Å². The molecular weight excluding hydrogens is 701 g/mol. The van der Waals surface area contributed by atoms with Crippen LogP contribution in [0.2, 0.25) is 0 Å². The molecule has 0 N–H and O–H groups in total. The number of nitrogens with zero attached hydrogens (tertiary/aromatic N) is 2. The molecule has 11 rings (SSSR count). The number of hydrogen-bond donors (Lipinski definition) is 0. The highest BCUT2D eigenvalue weighted by Gasteiger charge is 2.20. The van der Waals surface area contributed by atoms with Crippen LogP contribution >= 0.6 is 0 Å². The number of fused-ring (bicyclic) bond motifs is 6. The Hall–Kier alpha value is -7.68. The molecule has 0 saturated carbocycles. The maximum Gasteiger partial charge on any atom is 0.0547 e. The van der Waals surface area contributed by atoms with Crippen LogP contribution < -0.4 is 4.90 Å². The predicted molar refractivity (Wildman–Crippen MR) is 247 cm³/mol. The number of aromatic nitrogens is 1. The quantitative estimate of drug-likeness (QED) is 0.158. The standard InChI is InChI=1S/C56H38N2/c1-3-13-39(14-4-1)46-28-35-54(52(38-46)42-16-5-2-6-17-42)57(47-29-25-41(26-30-47)45-24-23-40-15-7-8-19-44(40)37-45)48-31-33-49(34-32-48)58-53-22-12-11-21-51(53)56-50-20-10-9-18-43(50)27-36-55(56)58/h1-38H. The van der Waals surface area contributed by atoms with Crippen molar-refractivity contribution in [1.29, 1.82) is 0 Å². The predicted octanol–water partition coefficient (Wildman–Crippen LogP) is 15.6. The Morgan fingerprint density at radius 1 is 0.310 bits per heavy atom. The summed E-state index contributed by atoms with van der Waals surface area (Å²) in [5, 5.41) is 7.57. The highest BCUT2D eigenvalue weighted by molar-refractivity contribution is 6.21. The molecule has 1 heterocycles. The Kier molecular flexibility index (Phi) is 8.19. The van der Waals surface area contributed by atoms with Crippen LogP contribution in [0, 0.1) is 0 Å². The van der Waals surface area contributed by atoms with Gasteiger partial charge >= 0.3 is 0 Å². The number of benzene rings is 10. The summed E-state index contributed by atoms with van der Waals surface area (Å²) < 4.78 is 2.41. The van der Waals surface area contributed by atoms with Gasteiger partial charge in [-0.1, -0.05) is 164 Å². The van der Waals surface area contributed by atoms with Crippen LogP contribution in [0.5, 0.6) is 0 Å². The highest BCUT2D eigenvalue weighted by Crippen LogP contribution is 2.44. The van der Waals surface area contributed by atoms with Crippen LogP contribution in [-0.4, -0.2) is 4.57 Å². The zero-order valence-corrected chi connectivity index (χ0v) is 31.8. The van der Waals surface area contributed by atoms with Gasteiger partial charge in [0.25, 0.3) is 0 Å². The van der Waals surface area contributed by atoms with Gasteiger partial charge in [-0.15, -0.1) is 0 Å². The Bertz CT molecular complexity index is 3250. The first kappa shape index (κ1) is 33.6. The number of anilines is 3. The molecule has 10 aromatic carbocycles. The van der Waals surface area contributed by atoms with E-state index >= 15 is 0 Å². The molecule has 0 saturated heterocycles. The van der Waals surface area contributed by atoms with Gasteiger partial charge in [-0.3, -0.25) is 0 Å². The van der Waals surface area contributed by atoms with E-state index in [4.69, 9.17) is 0 Å². The maximum atomic E-state index is 2.41. The molecule has 11 aromatic rings. The van der Waals surface area contributed by atoms with Crippen molar-refractivity contribution in [2.24, 2.45) is 0 Å². The van der Waals surface area contributed by atoms with Gasteiger partial charge in [-0.2, -0.15) is 0 Å². The molecule has 0 radical (unpaired) electrons. The summed E-state index contributed by atoms with van der Waals surface area (Å²) in [6.45, 7) is 0. The van der Waals surface area contributed by atoms with Crippen LogP contribution in [-0.2, 0) is 0 Å². The molecule has 1 aromatic heterocycles. The lowest BCUT2D eigenvalue weighted by atomic mass is 9.96. The van der Waals surface area contributed by atoms with Crippen LogP contribution in [0.4, 0.5) is 17.1 Å². The van der Waals surface area contributed by atoms with E-state index in [0.29, 0.717) is 0 Å². The van der Waals surface area contributed by atoms with Crippen LogP contribution in [0.25, 0.3) is 82.4 Å². The van der Waals surface area contributed by atoms with Gasteiger partial charge in [0, 0.05) is 33.4 Å². The Morgan fingerprint density at radius 3 is 1.60 bits per heavy atom. The number of rotatable bonds is 7. The van der Waals surface area contributed by atoms with E-state index < -0.39 is 0 Å². The summed E-state index contributed by atoms with van der Waals surface area (Å²) in [5.74, 6) is 0. The normalized spacial score (nSPS) is 11.4. The van der Waals surface area contributed by atoms with E-state index in [1.807, 2.05) is 0 Å². The second kappa shape index (κ2) is 14.1. The molecule has 0 spiro atoms. The molecule has 0 aliphatic rings. The molecular formula is C56H38N2. The summed E-state index contributed by atoms with van der Waals surface area (Å²) in [5.41, 5.74) is 13.9. The molecule has 0 bridgehead atoms. The summed E-state index contributed by atoms with van der Waals surface area (Å²) in [6.07, 6.45) is 0. The van der Waals surface area contributed by atoms with Crippen molar-refractivity contribution in [3.05, 3.63) is 231 Å². The van der Waals surface area contributed by atoms with E-state index in [9.17, 15) is 0 Å². The van der Waals surface area contributed by atoms with Crippen molar-refractivity contribution >= 4 is 60.4 Å². The fourth-order valence-corrected chi connectivity index (χ4v) is 8.76. The molecule has 0 aliphatic heterocycles. The lowest BCUT2D eigenvalue weighted by molar-refractivity contribution is 1.17. The number of para-hydroxylation sites is 1. The fraction of sp³-hybridized carbons (Fsp3) is 0. The van der Waals surface area contributed by atoms with Crippen molar-refractivity contribution in [2.45, 2.75) is 0 Å². The van der Waals surface area contributed by atoms with Gasteiger partial charge < -0.3 is 9.47 Å². The average molecular weight is 739 g/mol.